The molecular weight excluding hydrogens is 330 g/mol. The zero-order chi connectivity index (χ0) is 11.5. The molecule has 0 fully saturated rings. The first-order chi connectivity index (χ1) is 7.70. The summed E-state index contributed by atoms with van der Waals surface area (Å²) in [6.45, 7) is 0. The fourth-order valence-corrected chi connectivity index (χ4v) is 3.38. The van der Waals surface area contributed by atoms with Crippen molar-refractivity contribution < 1.29 is 0 Å². The van der Waals surface area contributed by atoms with Crippen molar-refractivity contribution in [2.24, 2.45) is 4.99 Å². The van der Waals surface area contributed by atoms with Crippen molar-refractivity contribution in [3.05, 3.63) is 38.1 Å². The van der Waals surface area contributed by atoms with Gasteiger partial charge in [0.15, 0.2) is 9.82 Å². The van der Waals surface area contributed by atoms with Crippen LogP contribution < -0.4 is 4.67 Å². The van der Waals surface area contributed by atoms with Gasteiger partial charge in [0.05, 0.1) is 11.3 Å². The summed E-state index contributed by atoms with van der Waals surface area (Å²) >= 11 is 9.14. The highest BCUT2D eigenvalue weighted by Gasteiger charge is 2.03. The molecular formula is C9H3BrClN3S2. The predicted octanol–water partition coefficient (Wildman–Crippen LogP) is 3.72. The van der Waals surface area contributed by atoms with E-state index in [2.05, 4.69) is 31.4 Å². The van der Waals surface area contributed by atoms with Crippen molar-refractivity contribution in [2.75, 3.05) is 0 Å². The molecule has 0 aliphatic heterocycles. The summed E-state index contributed by atoms with van der Waals surface area (Å²) in [5, 5.41) is 9.34. The largest absolute Gasteiger partial charge is 0.233 e. The molecule has 0 N–H and O–H groups in total. The fraction of sp³-hybridized carbons (Fsp3) is 0. The van der Waals surface area contributed by atoms with Gasteiger partial charge in [0, 0.05) is 15.0 Å². The Morgan fingerprint density at radius 3 is 2.94 bits per heavy atom. The molecule has 1 heterocycles. The quantitative estimate of drug-likeness (QED) is 0.747. The molecule has 0 amide bonds. The maximum Gasteiger partial charge on any atom is 0.179 e. The normalized spacial score (nSPS) is 11.4. The highest BCUT2D eigenvalue weighted by molar-refractivity contribution is 9.10. The van der Waals surface area contributed by atoms with Gasteiger partial charge in [0.2, 0.25) is 0 Å². The lowest BCUT2D eigenvalue weighted by molar-refractivity contribution is 1.35. The molecule has 0 aliphatic rings. The van der Waals surface area contributed by atoms with E-state index >= 15 is 0 Å². The average Bonchev–Trinajstić information content (AvgIpc) is 2.67. The molecule has 7 heteroatoms. The van der Waals surface area contributed by atoms with Gasteiger partial charge in [0.1, 0.15) is 6.07 Å². The second-order valence-electron chi connectivity index (χ2n) is 2.73. The summed E-state index contributed by atoms with van der Waals surface area (Å²) in [6.07, 6.45) is 0. The molecule has 0 bridgehead atoms. The second kappa shape index (κ2) is 5.06. The van der Waals surface area contributed by atoms with Gasteiger partial charge in [-0.15, -0.1) is 0 Å². The van der Waals surface area contributed by atoms with Crippen LogP contribution in [0, 0.1) is 11.3 Å². The average molecular weight is 333 g/mol. The molecule has 0 saturated heterocycles. The van der Waals surface area contributed by atoms with E-state index in [4.69, 9.17) is 16.9 Å². The highest BCUT2D eigenvalue weighted by atomic mass is 79.9. The molecule has 2 aromatic rings. The molecule has 1 aromatic carbocycles. The minimum absolute atomic E-state index is 0.377. The lowest BCUT2D eigenvalue weighted by atomic mass is 10.2. The summed E-state index contributed by atoms with van der Waals surface area (Å²) in [6, 6.07) is 7.41. The van der Waals surface area contributed by atoms with Gasteiger partial charge in [0.25, 0.3) is 0 Å². The van der Waals surface area contributed by atoms with Crippen LogP contribution in [0.5, 0.6) is 0 Å². The third-order valence-electron chi connectivity index (χ3n) is 1.71. The van der Waals surface area contributed by atoms with E-state index in [0.29, 0.717) is 21.1 Å². The Morgan fingerprint density at radius 1 is 1.50 bits per heavy atom. The number of benzene rings is 1. The topological polar surface area (TPSA) is 49.0 Å². The van der Waals surface area contributed by atoms with Gasteiger partial charge < -0.3 is 0 Å². The molecule has 0 saturated carbocycles. The Labute approximate surface area is 112 Å². The van der Waals surface area contributed by atoms with E-state index in [1.165, 1.54) is 20.9 Å². The number of rotatable bonds is 1. The highest BCUT2D eigenvalue weighted by Crippen LogP contribution is 2.23. The number of halogens is 2. The van der Waals surface area contributed by atoms with E-state index in [1.54, 1.807) is 12.1 Å². The van der Waals surface area contributed by atoms with Gasteiger partial charge in [-0.05, 0) is 28.5 Å². The Balaban J connectivity index is 2.59. The van der Waals surface area contributed by atoms with Crippen LogP contribution in [0.15, 0.2) is 27.7 Å². The van der Waals surface area contributed by atoms with Crippen LogP contribution in [0.3, 0.4) is 0 Å². The van der Waals surface area contributed by atoms with Crippen LogP contribution in [0.1, 0.15) is 5.56 Å². The number of aromatic nitrogens is 1. The third-order valence-corrected chi connectivity index (χ3v) is 4.38. The summed E-state index contributed by atoms with van der Waals surface area (Å²) in [5.74, 6) is 0. The molecule has 16 heavy (non-hydrogen) atoms. The van der Waals surface area contributed by atoms with E-state index in [0.717, 1.165) is 4.47 Å². The Kier molecular flexibility index (Phi) is 3.71. The summed E-state index contributed by atoms with van der Waals surface area (Å²) in [4.78, 5) is 4.30. The monoisotopic (exact) mass is 331 g/mol. The molecule has 0 spiro atoms. The van der Waals surface area contributed by atoms with Gasteiger partial charge in [-0.1, -0.05) is 27.5 Å². The lowest BCUT2D eigenvalue weighted by Gasteiger charge is -1.96. The van der Waals surface area contributed by atoms with Crippen molar-refractivity contribution in [3.63, 3.8) is 0 Å². The Morgan fingerprint density at radius 2 is 2.31 bits per heavy atom. The van der Waals surface area contributed by atoms with Gasteiger partial charge in [-0.2, -0.15) is 9.64 Å². The molecule has 0 unspecified atom stereocenters. The predicted molar refractivity (Wildman–Crippen MR) is 69.1 cm³/mol. The number of nitrogens with zero attached hydrogens (tertiary/aromatic N) is 3. The fourth-order valence-electron chi connectivity index (χ4n) is 1.03. The van der Waals surface area contributed by atoms with Crippen molar-refractivity contribution in [1.82, 2.24) is 4.37 Å². The maximum absolute atomic E-state index is 8.97. The van der Waals surface area contributed by atoms with Crippen molar-refractivity contribution in [2.45, 2.75) is 0 Å². The van der Waals surface area contributed by atoms with Gasteiger partial charge >= 0.3 is 0 Å². The first-order valence-electron chi connectivity index (χ1n) is 4.06. The number of nitriles is 1. The van der Waals surface area contributed by atoms with Crippen LogP contribution in [0.4, 0.5) is 5.69 Å². The molecule has 0 aliphatic carbocycles. The minimum Gasteiger partial charge on any atom is -0.233 e. The van der Waals surface area contributed by atoms with E-state index in [1.807, 2.05) is 6.07 Å². The minimum atomic E-state index is 0.377. The summed E-state index contributed by atoms with van der Waals surface area (Å²) in [5.41, 5.74) is 1.10. The van der Waals surface area contributed by atoms with Crippen LogP contribution in [0.25, 0.3) is 0 Å². The first-order valence-corrected chi connectivity index (χ1v) is 7.34. The van der Waals surface area contributed by atoms with Gasteiger partial charge in [-0.25, -0.2) is 4.99 Å². The lowest BCUT2D eigenvalue weighted by Crippen LogP contribution is -1.93. The van der Waals surface area contributed by atoms with Crippen molar-refractivity contribution in [3.8, 4) is 6.07 Å². The molecule has 0 radical (unpaired) electrons. The van der Waals surface area contributed by atoms with Crippen LogP contribution in [0.2, 0.25) is 5.15 Å². The number of hydrogen-bond acceptors (Lipinski definition) is 5. The van der Waals surface area contributed by atoms with E-state index in [9.17, 15) is 0 Å². The van der Waals surface area contributed by atoms with Crippen molar-refractivity contribution >= 4 is 54.1 Å². The zero-order valence-corrected chi connectivity index (χ0v) is 11.6. The van der Waals surface area contributed by atoms with Crippen LogP contribution >= 0.6 is 48.4 Å². The summed E-state index contributed by atoms with van der Waals surface area (Å²) < 4.78 is 5.40. The smallest absolute Gasteiger partial charge is 0.179 e. The van der Waals surface area contributed by atoms with Gasteiger partial charge in [-0.3, -0.25) is 0 Å². The van der Waals surface area contributed by atoms with E-state index < -0.39 is 0 Å². The van der Waals surface area contributed by atoms with E-state index in [-0.39, 0.29) is 0 Å². The second-order valence-corrected chi connectivity index (χ2v) is 5.84. The van der Waals surface area contributed by atoms with Crippen LogP contribution in [-0.2, 0) is 0 Å². The third kappa shape index (κ3) is 2.50. The Hall–Kier alpha value is -0.740. The zero-order valence-electron chi connectivity index (χ0n) is 7.65. The molecule has 2 rings (SSSR count). The molecule has 1 aromatic heterocycles. The standard InChI is InChI=1S/C9H3BrClN3S2/c10-6-1-2-7(5(3-6)4-12)13-9-8(11)14-16-15-9/h1-3H. The molecule has 3 nitrogen and oxygen atoms in total. The van der Waals surface area contributed by atoms with Crippen molar-refractivity contribution in [1.29, 1.82) is 5.26 Å². The first kappa shape index (κ1) is 11.7. The number of hydrogen-bond donors (Lipinski definition) is 0. The molecule has 0 atom stereocenters. The maximum atomic E-state index is 8.97. The Bertz CT molecular complexity index is 626. The summed E-state index contributed by atoms with van der Waals surface area (Å²) in [7, 11) is 2.65. The van der Waals surface area contributed by atoms with Crippen LogP contribution in [-0.4, -0.2) is 4.37 Å². The molecule has 80 valence electrons. The SMILES string of the molecule is N#Cc1cc(Br)ccc1N=c1ssnc1Cl.